The fourth-order valence-electron chi connectivity index (χ4n) is 4.84. The number of urea groups is 1. The molecule has 0 atom stereocenters. The van der Waals surface area contributed by atoms with Gasteiger partial charge in [0, 0.05) is 29.3 Å². The first-order valence-corrected chi connectivity index (χ1v) is 11.2. The van der Waals surface area contributed by atoms with E-state index < -0.39 is 11.9 Å². The SMILES string of the molecule is CCC1(CC2C(=O)N(CC3(CC)COC3)C(=O)N(CC3(CC)COC3)C2=O)COC1. The standard InChI is InChI=1S/C22H34N2O6/c1-4-20(10-28-11-20)7-16-17(25)23(8-21(5-2)12-29-13-21)19(27)24(18(16)26)9-22(6-3)14-30-15-22/h16H,4-15H2,1-3H3. The molecule has 4 aliphatic rings. The second kappa shape index (κ2) is 7.88. The molecule has 0 saturated carbocycles. The average molecular weight is 423 g/mol. The Morgan fingerprint density at radius 3 is 1.33 bits per heavy atom. The Balaban J connectivity index is 1.61. The summed E-state index contributed by atoms with van der Waals surface area (Å²) in [6.07, 6.45) is 2.93. The van der Waals surface area contributed by atoms with Gasteiger partial charge < -0.3 is 14.2 Å². The molecule has 4 aliphatic heterocycles. The molecule has 0 bridgehead atoms. The lowest BCUT2D eigenvalue weighted by Gasteiger charge is -2.50. The number of nitrogens with zero attached hydrogens (tertiary/aromatic N) is 2. The van der Waals surface area contributed by atoms with Crippen LogP contribution >= 0.6 is 0 Å². The summed E-state index contributed by atoms with van der Waals surface area (Å²) < 4.78 is 16.2. The lowest BCUT2D eigenvalue weighted by molar-refractivity contribution is -0.172. The van der Waals surface area contributed by atoms with Gasteiger partial charge in [-0.2, -0.15) is 0 Å². The molecule has 4 heterocycles. The number of ether oxygens (including phenoxy) is 3. The Hall–Kier alpha value is -1.51. The van der Waals surface area contributed by atoms with E-state index in [0.717, 1.165) is 19.3 Å². The summed E-state index contributed by atoms with van der Waals surface area (Å²) in [5.41, 5.74) is -0.560. The largest absolute Gasteiger partial charge is 0.380 e. The number of rotatable bonds is 9. The van der Waals surface area contributed by atoms with Gasteiger partial charge in [0.1, 0.15) is 5.92 Å². The molecule has 8 heteroatoms. The summed E-state index contributed by atoms with van der Waals surface area (Å²) in [4.78, 5) is 42.9. The first kappa shape index (κ1) is 21.7. The zero-order valence-corrected chi connectivity index (χ0v) is 18.4. The zero-order valence-electron chi connectivity index (χ0n) is 18.4. The smallest absolute Gasteiger partial charge is 0.333 e. The van der Waals surface area contributed by atoms with Gasteiger partial charge in [0.15, 0.2) is 0 Å². The fourth-order valence-corrected chi connectivity index (χ4v) is 4.84. The molecule has 30 heavy (non-hydrogen) atoms. The van der Waals surface area contributed by atoms with Crippen LogP contribution in [0.2, 0.25) is 0 Å². The average Bonchev–Trinajstić information content (AvgIpc) is 2.65. The first-order chi connectivity index (χ1) is 14.3. The van der Waals surface area contributed by atoms with Crippen molar-refractivity contribution < 1.29 is 28.6 Å². The molecule has 8 nitrogen and oxygen atoms in total. The van der Waals surface area contributed by atoms with Gasteiger partial charge in [0.05, 0.1) is 39.6 Å². The van der Waals surface area contributed by atoms with Gasteiger partial charge in [-0.25, -0.2) is 4.79 Å². The summed E-state index contributed by atoms with van der Waals surface area (Å²) in [5, 5.41) is 0. The van der Waals surface area contributed by atoms with Crippen LogP contribution in [0.5, 0.6) is 0 Å². The summed E-state index contributed by atoms with van der Waals surface area (Å²) in [5.74, 6) is -1.52. The molecule has 0 N–H and O–H groups in total. The predicted octanol–water partition coefficient (Wildman–Crippen LogP) is 2.06. The molecule has 168 valence electrons. The first-order valence-electron chi connectivity index (χ1n) is 11.2. The van der Waals surface area contributed by atoms with E-state index in [1.54, 1.807) is 0 Å². The van der Waals surface area contributed by atoms with Crippen LogP contribution in [0.15, 0.2) is 0 Å². The monoisotopic (exact) mass is 422 g/mol. The number of hydrogen-bond donors (Lipinski definition) is 0. The number of hydrogen-bond acceptors (Lipinski definition) is 6. The van der Waals surface area contributed by atoms with Crippen molar-refractivity contribution in [3.63, 3.8) is 0 Å². The number of carbonyl (C=O) groups is 3. The fraction of sp³-hybridized carbons (Fsp3) is 0.864. The van der Waals surface area contributed by atoms with E-state index in [2.05, 4.69) is 20.8 Å². The van der Waals surface area contributed by atoms with Crippen molar-refractivity contribution >= 4 is 17.8 Å². The van der Waals surface area contributed by atoms with Gasteiger partial charge in [-0.05, 0) is 25.7 Å². The molecular weight excluding hydrogens is 388 g/mol. The molecule has 0 radical (unpaired) electrons. The molecule has 0 aliphatic carbocycles. The molecule has 0 unspecified atom stereocenters. The predicted molar refractivity (Wildman–Crippen MR) is 108 cm³/mol. The van der Waals surface area contributed by atoms with Crippen LogP contribution in [0, 0.1) is 22.2 Å². The molecule has 0 aromatic heterocycles. The molecule has 0 aromatic rings. The van der Waals surface area contributed by atoms with Crippen molar-refractivity contribution in [1.29, 1.82) is 0 Å². The minimum absolute atomic E-state index is 0.155. The van der Waals surface area contributed by atoms with Crippen molar-refractivity contribution in [2.75, 3.05) is 52.7 Å². The zero-order chi connectivity index (χ0) is 21.6. The second-order valence-corrected chi connectivity index (χ2v) is 9.93. The summed E-state index contributed by atoms with van der Waals surface area (Å²) >= 11 is 0. The van der Waals surface area contributed by atoms with E-state index in [4.69, 9.17) is 14.2 Å². The van der Waals surface area contributed by atoms with E-state index in [-0.39, 0.29) is 28.1 Å². The van der Waals surface area contributed by atoms with E-state index in [1.807, 2.05) is 0 Å². The normalized spacial score (nSPS) is 27.5. The Morgan fingerprint density at radius 1 is 0.700 bits per heavy atom. The lowest BCUT2D eigenvalue weighted by Crippen LogP contribution is -2.66. The van der Waals surface area contributed by atoms with Crippen molar-refractivity contribution in [2.45, 2.75) is 46.5 Å². The topological polar surface area (TPSA) is 85.4 Å². The van der Waals surface area contributed by atoms with Crippen LogP contribution in [-0.2, 0) is 23.8 Å². The van der Waals surface area contributed by atoms with Crippen LogP contribution in [0.1, 0.15) is 46.5 Å². The molecule has 4 fully saturated rings. The Morgan fingerprint density at radius 2 is 1.07 bits per heavy atom. The highest BCUT2D eigenvalue weighted by Gasteiger charge is 2.54. The number of amides is 4. The minimum Gasteiger partial charge on any atom is -0.380 e. The highest BCUT2D eigenvalue weighted by Crippen LogP contribution is 2.42. The van der Waals surface area contributed by atoms with Gasteiger partial charge >= 0.3 is 6.03 Å². The van der Waals surface area contributed by atoms with E-state index >= 15 is 0 Å². The van der Waals surface area contributed by atoms with Gasteiger partial charge in [0.25, 0.3) is 0 Å². The van der Waals surface area contributed by atoms with Crippen LogP contribution in [-0.4, -0.2) is 80.4 Å². The Kier molecular flexibility index (Phi) is 5.70. The maximum Gasteiger partial charge on any atom is 0.333 e. The molecule has 0 aromatic carbocycles. The third-order valence-corrected chi connectivity index (χ3v) is 7.91. The number of carbonyl (C=O) groups excluding carboxylic acids is 3. The van der Waals surface area contributed by atoms with Crippen molar-refractivity contribution in [1.82, 2.24) is 9.80 Å². The van der Waals surface area contributed by atoms with Crippen LogP contribution in [0.3, 0.4) is 0 Å². The molecule has 0 spiro atoms. The summed E-state index contributed by atoms with van der Waals surface area (Å²) in [6.45, 7) is 10.1. The van der Waals surface area contributed by atoms with E-state index in [9.17, 15) is 14.4 Å². The van der Waals surface area contributed by atoms with Crippen molar-refractivity contribution in [3.8, 4) is 0 Å². The maximum absolute atomic E-state index is 13.4. The second-order valence-electron chi connectivity index (χ2n) is 9.93. The maximum atomic E-state index is 13.4. The quantitative estimate of drug-likeness (QED) is 0.529. The van der Waals surface area contributed by atoms with Crippen LogP contribution in [0.25, 0.3) is 0 Å². The van der Waals surface area contributed by atoms with Gasteiger partial charge in [0.2, 0.25) is 11.8 Å². The van der Waals surface area contributed by atoms with Gasteiger partial charge in [-0.15, -0.1) is 0 Å². The molecule has 4 rings (SSSR count). The summed E-state index contributed by atoms with van der Waals surface area (Å²) in [7, 11) is 0. The molecule has 4 amide bonds. The Bertz CT molecular complexity index is 581. The Labute approximate surface area is 178 Å². The minimum atomic E-state index is -0.823. The van der Waals surface area contributed by atoms with Gasteiger partial charge in [-0.1, -0.05) is 20.8 Å². The van der Waals surface area contributed by atoms with Crippen LogP contribution < -0.4 is 0 Å². The number of imide groups is 2. The van der Waals surface area contributed by atoms with Crippen LogP contribution in [0.4, 0.5) is 4.79 Å². The molecule has 4 saturated heterocycles. The van der Waals surface area contributed by atoms with Crippen molar-refractivity contribution in [3.05, 3.63) is 0 Å². The third-order valence-electron chi connectivity index (χ3n) is 7.91. The highest BCUT2D eigenvalue weighted by molar-refractivity contribution is 6.16. The lowest BCUT2D eigenvalue weighted by atomic mass is 9.73. The van der Waals surface area contributed by atoms with E-state index in [0.29, 0.717) is 59.2 Å². The molecular formula is C22H34N2O6. The van der Waals surface area contributed by atoms with Crippen molar-refractivity contribution in [2.24, 2.45) is 22.2 Å². The third kappa shape index (κ3) is 3.46. The summed E-state index contributed by atoms with van der Waals surface area (Å²) in [6, 6.07) is -0.476. The number of barbiturate groups is 1. The van der Waals surface area contributed by atoms with E-state index in [1.165, 1.54) is 9.80 Å². The van der Waals surface area contributed by atoms with Gasteiger partial charge in [-0.3, -0.25) is 19.4 Å². The highest BCUT2D eigenvalue weighted by atomic mass is 16.5.